The van der Waals surface area contributed by atoms with Crippen LogP contribution in [0, 0.1) is 13.8 Å². The summed E-state index contributed by atoms with van der Waals surface area (Å²) in [6.07, 6.45) is 6.26. The van der Waals surface area contributed by atoms with Gasteiger partial charge in [-0.05, 0) is 69.0 Å². The van der Waals surface area contributed by atoms with E-state index in [1.54, 1.807) is 0 Å². The largest absolute Gasteiger partial charge is 0.317 e. The van der Waals surface area contributed by atoms with Crippen LogP contribution in [0.2, 0.25) is 5.02 Å². The molecule has 0 fully saturated rings. The second kappa shape index (κ2) is 8.55. The smallest absolute Gasteiger partial charge is 0.0440 e. The molecule has 0 aliphatic rings. The zero-order valence-corrected chi connectivity index (χ0v) is 12.7. The SMILES string of the molecule is CCNCCCCCCc1cc(C)c(C)cc1Cl. The van der Waals surface area contributed by atoms with Crippen molar-refractivity contribution in [2.24, 2.45) is 0 Å². The van der Waals surface area contributed by atoms with E-state index < -0.39 is 0 Å². The van der Waals surface area contributed by atoms with Crippen LogP contribution in [0.5, 0.6) is 0 Å². The third-order valence-corrected chi connectivity index (χ3v) is 3.81. The van der Waals surface area contributed by atoms with Crippen LogP contribution in [0.1, 0.15) is 49.3 Å². The van der Waals surface area contributed by atoms with E-state index in [-0.39, 0.29) is 0 Å². The Morgan fingerprint density at radius 2 is 1.67 bits per heavy atom. The quantitative estimate of drug-likeness (QED) is 0.675. The Labute approximate surface area is 117 Å². The standard InChI is InChI=1S/C16H26ClN/c1-4-18-10-8-6-5-7-9-15-11-13(2)14(3)12-16(15)17/h11-12,18H,4-10H2,1-3H3. The number of hydrogen-bond donors (Lipinski definition) is 1. The molecule has 0 bridgehead atoms. The van der Waals surface area contributed by atoms with E-state index in [1.807, 2.05) is 0 Å². The van der Waals surface area contributed by atoms with Gasteiger partial charge < -0.3 is 5.32 Å². The van der Waals surface area contributed by atoms with Gasteiger partial charge in [0.15, 0.2) is 0 Å². The Morgan fingerprint density at radius 1 is 1.00 bits per heavy atom. The number of halogens is 1. The third kappa shape index (κ3) is 5.41. The molecule has 0 radical (unpaired) electrons. The van der Waals surface area contributed by atoms with Crippen molar-refractivity contribution in [2.75, 3.05) is 13.1 Å². The van der Waals surface area contributed by atoms with Gasteiger partial charge in [-0.1, -0.05) is 37.4 Å². The zero-order chi connectivity index (χ0) is 13.4. The van der Waals surface area contributed by atoms with Crippen LogP contribution in [0.15, 0.2) is 12.1 Å². The van der Waals surface area contributed by atoms with Crippen LogP contribution in [0.3, 0.4) is 0 Å². The molecule has 18 heavy (non-hydrogen) atoms. The summed E-state index contributed by atoms with van der Waals surface area (Å²) in [7, 11) is 0. The minimum absolute atomic E-state index is 0.936. The van der Waals surface area contributed by atoms with Crippen molar-refractivity contribution in [2.45, 2.75) is 52.9 Å². The van der Waals surface area contributed by atoms with Gasteiger partial charge >= 0.3 is 0 Å². The lowest BCUT2D eigenvalue weighted by molar-refractivity contribution is 0.598. The fraction of sp³-hybridized carbons (Fsp3) is 0.625. The molecule has 1 aromatic rings. The minimum atomic E-state index is 0.936. The lowest BCUT2D eigenvalue weighted by atomic mass is 10.0. The molecule has 0 spiro atoms. The molecular weight excluding hydrogens is 242 g/mol. The van der Waals surface area contributed by atoms with Crippen LogP contribution >= 0.6 is 11.6 Å². The van der Waals surface area contributed by atoms with Crippen molar-refractivity contribution in [3.8, 4) is 0 Å². The van der Waals surface area contributed by atoms with Crippen LogP contribution in [0.25, 0.3) is 0 Å². The number of aryl methyl sites for hydroxylation is 3. The summed E-state index contributed by atoms with van der Waals surface area (Å²) in [6.45, 7) is 8.66. The monoisotopic (exact) mass is 267 g/mol. The molecule has 0 amide bonds. The zero-order valence-electron chi connectivity index (χ0n) is 12.0. The summed E-state index contributed by atoms with van der Waals surface area (Å²) >= 11 is 6.27. The van der Waals surface area contributed by atoms with Gasteiger partial charge in [0.25, 0.3) is 0 Å². The first-order valence-corrected chi connectivity index (χ1v) is 7.49. The van der Waals surface area contributed by atoms with E-state index in [2.05, 4.69) is 38.2 Å². The van der Waals surface area contributed by atoms with Gasteiger partial charge in [-0.15, -0.1) is 0 Å². The normalized spacial score (nSPS) is 10.9. The van der Waals surface area contributed by atoms with E-state index >= 15 is 0 Å². The molecule has 0 saturated carbocycles. The summed E-state index contributed by atoms with van der Waals surface area (Å²) in [6, 6.07) is 4.34. The van der Waals surface area contributed by atoms with Gasteiger partial charge in [-0.25, -0.2) is 0 Å². The molecule has 0 aliphatic carbocycles. The maximum absolute atomic E-state index is 6.27. The first-order valence-electron chi connectivity index (χ1n) is 7.11. The topological polar surface area (TPSA) is 12.0 Å². The lowest BCUT2D eigenvalue weighted by Crippen LogP contribution is -2.13. The molecule has 0 atom stereocenters. The van der Waals surface area contributed by atoms with Gasteiger partial charge in [-0.2, -0.15) is 0 Å². The van der Waals surface area contributed by atoms with E-state index in [0.29, 0.717) is 0 Å². The number of nitrogens with one attached hydrogen (secondary N) is 1. The number of benzene rings is 1. The fourth-order valence-electron chi connectivity index (χ4n) is 2.13. The Bertz CT molecular complexity index is 360. The van der Waals surface area contributed by atoms with Gasteiger partial charge in [0.1, 0.15) is 0 Å². The molecule has 1 N–H and O–H groups in total. The lowest BCUT2D eigenvalue weighted by Gasteiger charge is -2.08. The predicted octanol–water partition coefficient (Wildman–Crippen LogP) is 4.67. The molecule has 2 heteroatoms. The minimum Gasteiger partial charge on any atom is -0.317 e. The summed E-state index contributed by atoms with van der Waals surface area (Å²) < 4.78 is 0. The Hall–Kier alpha value is -0.530. The summed E-state index contributed by atoms with van der Waals surface area (Å²) in [4.78, 5) is 0. The predicted molar refractivity (Wildman–Crippen MR) is 81.6 cm³/mol. The first kappa shape index (κ1) is 15.5. The molecule has 0 aliphatic heterocycles. The molecule has 1 aromatic carbocycles. The van der Waals surface area contributed by atoms with E-state index in [1.165, 1.54) is 42.4 Å². The highest BCUT2D eigenvalue weighted by atomic mass is 35.5. The van der Waals surface area contributed by atoms with Crippen molar-refractivity contribution < 1.29 is 0 Å². The molecule has 1 nitrogen and oxygen atoms in total. The van der Waals surface area contributed by atoms with Gasteiger partial charge in [0.2, 0.25) is 0 Å². The molecule has 0 unspecified atom stereocenters. The summed E-state index contributed by atoms with van der Waals surface area (Å²) in [5.41, 5.74) is 3.95. The molecular formula is C16H26ClN. The number of hydrogen-bond acceptors (Lipinski definition) is 1. The maximum atomic E-state index is 6.27. The van der Waals surface area contributed by atoms with Gasteiger partial charge in [0, 0.05) is 5.02 Å². The van der Waals surface area contributed by atoms with Crippen LogP contribution in [-0.2, 0) is 6.42 Å². The summed E-state index contributed by atoms with van der Waals surface area (Å²) in [5.74, 6) is 0. The molecule has 0 saturated heterocycles. The van der Waals surface area contributed by atoms with Crippen molar-refractivity contribution in [3.63, 3.8) is 0 Å². The Kier molecular flexibility index (Phi) is 7.38. The highest BCUT2D eigenvalue weighted by Crippen LogP contribution is 2.22. The number of rotatable bonds is 8. The first-order chi connectivity index (χ1) is 8.65. The highest BCUT2D eigenvalue weighted by molar-refractivity contribution is 6.31. The number of unbranched alkanes of at least 4 members (excludes halogenated alkanes) is 3. The Morgan fingerprint density at radius 3 is 2.39 bits per heavy atom. The average molecular weight is 268 g/mol. The fourth-order valence-corrected chi connectivity index (χ4v) is 2.44. The second-order valence-electron chi connectivity index (χ2n) is 5.05. The van der Waals surface area contributed by atoms with Crippen molar-refractivity contribution in [3.05, 3.63) is 33.8 Å². The van der Waals surface area contributed by atoms with E-state index in [4.69, 9.17) is 11.6 Å². The van der Waals surface area contributed by atoms with E-state index in [0.717, 1.165) is 24.5 Å². The second-order valence-corrected chi connectivity index (χ2v) is 5.45. The van der Waals surface area contributed by atoms with Crippen molar-refractivity contribution in [1.82, 2.24) is 5.32 Å². The van der Waals surface area contributed by atoms with Gasteiger partial charge in [0.05, 0.1) is 0 Å². The van der Waals surface area contributed by atoms with E-state index in [9.17, 15) is 0 Å². The molecule has 1 rings (SSSR count). The molecule has 102 valence electrons. The van der Waals surface area contributed by atoms with Gasteiger partial charge in [-0.3, -0.25) is 0 Å². The molecule has 0 aromatic heterocycles. The third-order valence-electron chi connectivity index (χ3n) is 3.46. The highest BCUT2D eigenvalue weighted by Gasteiger charge is 2.03. The maximum Gasteiger partial charge on any atom is 0.0440 e. The van der Waals surface area contributed by atoms with Crippen LogP contribution < -0.4 is 5.32 Å². The van der Waals surface area contributed by atoms with Crippen molar-refractivity contribution in [1.29, 1.82) is 0 Å². The average Bonchev–Trinajstić information content (AvgIpc) is 2.34. The van der Waals surface area contributed by atoms with Crippen LogP contribution in [0.4, 0.5) is 0 Å². The van der Waals surface area contributed by atoms with Crippen molar-refractivity contribution >= 4 is 11.6 Å². The van der Waals surface area contributed by atoms with Crippen LogP contribution in [-0.4, -0.2) is 13.1 Å². The molecule has 0 heterocycles. The Balaban J connectivity index is 2.25. The summed E-state index contributed by atoms with van der Waals surface area (Å²) in [5, 5.41) is 4.29.